The van der Waals surface area contributed by atoms with Crippen molar-refractivity contribution in [2.75, 3.05) is 5.73 Å². The van der Waals surface area contributed by atoms with E-state index in [4.69, 9.17) is 16.6 Å². The van der Waals surface area contributed by atoms with Crippen molar-refractivity contribution in [2.45, 2.75) is 12.5 Å². The highest BCUT2D eigenvalue weighted by atomic mass is 16.4. The number of hydrogen-bond donors (Lipinski definition) is 4. The summed E-state index contributed by atoms with van der Waals surface area (Å²) >= 11 is 0. The van der Waals surface area contributed by atoms with E-state index in [1.807, 2.05) is 30.3 Å². The Labute approximate surface area is 126 Å². The van der Waals surface area contributed by atoms with Crippen LogP contribution in [0.3, 0.4) is 0 Å². The monoisotopic (exact) mass is 297 g/mol. The molecule has 0 aliphatic rings. The molecule has 2 aromatic heterocycles. The average Bonchev–Trinajstić information content (AvgIpc) is 2.95. The van der Waals surface area contributed by atoms with E-state index in [1.54, 1.807) is 6.20 Å². The predicted octanol–water partition coefficient (Wildman–Crippen LogP) is 1.16. The van der Waals surface area contributed by atoms with Crippen LogP contribution >= 0.6 is 0 Å². The van der Waals surface area contributed by atoms with Gasteiger partial charge >= 0.3 is 5.97 Å². The number of carboxylic acids is 1. The highest BCUT2D eigenvalue weighted by molar-refractivity contribution is 5.91. The van der Waals surface area contributed by atoms with E-state index in [9.17, 15) is 4.79 Å². The summed E-state index contributed by atoms with van der Waals surface area (Å²) < 4.78 is 0. The van der Waals surface area contributed by atoms with Crippen molar-refractivity contribution in [3.05, 3.63) is 42.1 Å². The number of nitrogen functional groups attached to an aromatic ring is 1. The number of nitrogens with zero attached hydrogens (tertiary/aromatic N) is 2. The fourth-order valence-corrected chi connectivity index (χ4v) is 2.32. The molecule has 0 amide bonds. The van der Waals surface area contributed by atoms with Crippen LogP contribution in [0.5, 0.6) is 0 Å². The number of fused-ring (bicyclic) bond motifs is 1. The fourth-order valence-electron chi connectivity index (χ4n) is 2.32. The van der Waals surface area contributed by atoms with E-state index in [1.165, 1.54) is 0 Å². The quantitative estimate of drug-likeness (QED) is 0.571. The van der Waals surface area contributed by atoms with Crippen LogP contribution in [0.15, 0.2) is 36.5 Å². The normalized spacial score (nSPS) is 12.4. The first-order chi connectivity index (χ1) is 10.5. The molecule has 7 heteroatoms. The zero-order chi connectivity index (χ0) is 15.7. The van der Waals surface area contributed by atoms with Crippen LogP contribution < -0.4 is 11.5 Å². The molecule has 0 radical (unpaired) electrons. The maximum atomic E-state index is 10.8. The van der Waals surface area contributed by atoms with Gasteiger partial charge in [0, 0.05) is 17.1 Å². The Bertz CT molecular complexity index is 826. The van der Waals surface area contributed by atoms with E-state index in [2.05, 4.69) is 15.0 Å². The number of rotatable bonds is 4. The molecule has 0 saturated carbocycles. The third-order valence-electron chi connectivity index (χ3n) is 3.43. The topological polar surface area (TPSA) is 131 Å². The van der Waals surface area contributed by atoms with Gasteiger partial charge in [0.2, 0.25) is 5.95 Å². The first-order valence-corrected chi connectivity index (χ1v) is 6.73. The minimum atomic E-state index is -1.01. The Morgan fingerprint density at radius 3 is 2.64 bits per heavy atom. The molecule has 1 aromatic carbocycles. The standard InChI is InChI=1S/C15H15N5O2/c16-11(14(21)22)7-8-1-3-9(4-2-8)12-10-5-6-18-13(10)20-15(17)19-12/h1-6,11H,7,16H2,(H,21,22)(H3,17,18,19,20)/t11-/m0/s1. The Hall–Kier alpha value is -2.93. The zero-order valence-electron chi connectivity index (χ0n) is 11.7. The predicted molar refractivity (Wildman–Crippen MR) is 83.1 cm³/mol. The van der Waals surface area contributed by atoms with Crippen LogP contribution in [0, 0.1) is 0 Å². The van der Waals surface area contributed by atoms with Crippen molar-refractivity contribution in [2.24, 2.45) is 5.73 Å². The Morgan fingerprint density at radius 2 is 1.95 bits per heavy atom. The van der Waals surface area contributed by atoms with Crippen LogP contribution in [0.25, 0.3) is 22.3 Å². The molecule has 3 rings (SSSR count). The van der Waals surface area contributed by atoms with Crippen LogP contribution in [0.4, 0.5) is 5.95 Å². The molecule has 0 bridgehead atoms. The number of anilines is 1. The van der Waals surface area contributed by atoms with Crippen molar-refractivity contribution in [1.29, 1.82) is 0 Å². The molecule has 0 aliphatic carbocycles. The minimum Gasteiger partial charge on any atom is -0.480 e. The molecular weight excluding hydrogens is 282 g/mol. The van der Waals surface area contributed by atoms with E-state index in [-0.39, 0.29) is 12.4 Å². The number of aliphatic carboxylic acids is 1. The molecule has 6 N–H and O–H groups in total. The molecule has 1 atom stereocenters. The number of nitrogens with two attached hydrogens (primary N) is 2. The highest BCUT2D eigenvalue weighted by Crippen LogP contribution is 2.26. The molecule has 7 nitrogen and oxygen atoms in total. The number of hydrogen-bond acceptors (Lipinski definition) is 5. The molecule has 0 aliphatic heterocycles. The van der Waals surface area contributed by atoms with E-state index >= 15 is 0 Å². The van der Waals surface area contributed by atoms with Gasteiger partial charge < -0.3 is 21.6 Å². The van der Waals surface area contributed by atoms with Gasteiger partial charge in [-0.05, 0) is 18.1 Å². The lowest BCUT2D eigenvalue weighted by Gasteiger charge is -2.08. The van der Waals surface area contributed by atoms with Gasteiger partial charge in [-0.2, -0.15) is 4.98 Å². The number of H-pyrrole nitrogens is 1. The highest BCUT2D eigenvalue weighted by Gasteiger charge is 2.13. The number of aromatic amines is 1. The zero-order valence-corrected chi connectivity index (χ0v) is 11.7. The molecule has 0 unspecified atom stereocenters. The molecule has 3 aromatic rings. The second kappa shape index (κ2) is 5.45. The number of aromatic nitrogens is 3. The molecule has 22 heavy (non-hydrogen) atoms. The average molecular weight is 297 g/mol. The van der Waals surface area contributed by atoms with E-state index in [0.29, 0.717) is 5.65 Å². The molecular formula is C15H15N5O2. The lowest BCUT2D eigenvalue weighted by atomic mass is 10.0. The van der Waals surface area contributed by atoms with Crippen LogP contribution in [-0.2, 0) is 11.2 Å². The summed E-state index contributed by atoms with van der Waals surface area (Å²) in [4.78, 5) is 22.2. The van der Waals surface area contributed by atoms with Crippen LogP contribution in [-0.4, -0.2) is 32.1 Å². The summed E-state index contributed by atoms with van der Waals surface area (Å²) in [5, 5.41) is 9.72. The minimum absolute atomic E-state index is 0.196. The van der Waals surface area contributed by atoms with E-state index < -0.39 is 12.0 Å². The number of nitrogens with one attached hydrogen (secondary N) is 1. The molecule has 0 fully saturated rings. The van der Waals surface area contributed by atoms with Gasteiger partial charge in [0.15, 0.2) is 0 Å². The van der Waals surface area contributed by atoms with Crippen molar-refractivity contribution in [3.63, 3.8) is 0 Å². The van der Waals surface area contributed by atoms with Gasteiger partial charge in [0.05, 0.1) is 5.69 Å². The maximum Gasteiger partial charge on any atom is 0.320 e. The molecule has 0 saturated heterocycles. The van der Waals surface area contributed by atoms with Gasteiger partial charge in [0.1, 0.15) is 11.7 Å². The van der Waals surface area contributed by atoms with Gasteiger partial charge in [-0.15, -0.1) is 0 Å². The van der Waals surface area contributed by atoms with Gasteiger partial charge in [-0.25, -0.2) is 4.98 Å². The van der Waals surface area contributed by atoms with Crippen LogP contribution in [0.1, 0.15) is 5.56 Å². The van der Waals surface area contributed by atoms with E-state index in [0.717, 1.165) is 22.2 Å². The Morgan fingerprint density at radius 1 is 1.23 bits per heavy atom. The maximum absolute atomic E-state index is 10.8. The third-order valence-corrected chi connectivity index (χ3v) is 3.43. The SMILES string of the molecule is Nc1nc(-c2ccc(C[C@H](N)C(=O)O)cc2)c2cc[nH]c2n1. The summed E-state index contributed by atoms with van der Waals surface area (Å²) in [5.41, 5.74) is 14.4. The third kappa shape index (κ3) is 2.61. The second-order valence-electron chi connectivity index (χ2n) is 5.02. The molecule has 2 heterocycles. The smallest absolute Gasteiger partial charge is 0.320 e. The van der Waals surface area contributed by atoms with Gasteiger partial charge in [-0.1, -0.05) is 24.3 Å². The van der Waals surface area contributed by atoms with Crippen molar-refractivity contribution in [3.8, 4) is 11.3 Å². The Balaban J connectivity index is 1.95. The summed E-state index contributed by atoms with van der Waals surface area (Å²) in [5.74, 6) is -0.816. The first kappa shape index (κ1) is 14.0. The Kier molecular flexibility index (Phi) is 3.48. The van der Waals surface area contributed by atoms with Crippen molar-refractivity contribution >= 4 is 23.0 Å². The largest absolute Gasteiger partial charge is 0.480 e. The van der Waals surface area contributed by atoms with Gasteiger partial charge in [-0.3, -0.25) is 4.79 Å². The van der Waals surface area contributed by atoms with Gasteiger partial charge in [0.25, 0.3) is 0 Å². The summed E-state index contributed by atoms with van der Waals surface area (Å²) in [6, 6.07) is 8.41. The van der Waals surface area contributed by atoms with Crippen molar-refractivity contribution in [1.82, 2.24) is 15.0 Å². The lowest BCUT2D eigenvalue weighted by molar-refractivity contribution is -0.138. The number of carbonyl (C=O) groups is 1. The fraction of sp³-hybridized carbons (Fsp3) is 0.133. The summed E-state index contributed by atoms with van der Waals surface area (Å²) in [6.07, 6.45) is 2.06. The lowest BCUT2D eigenvalue weighted by Crippen LogP contribution is -2.32. The summed E-state index contributed by atoms with van der Waals surface area (Å²) in [6.45, 7) is 0. The summed E-state index contributed by atoms with van der Waals surface area (Å²) in [7, 11) is 0. The second-order valence-corrected chi connectivity index (χ2v) is 5.02. The first-order valence-electron chi connectivity index (χ1n) is 6.73. The molecule has 0 spiro atoms. The molecule has 112 valence electrons. The van der Waals surface area contributed by atoms with Crippen LogP contribution in [0.2, 0.25) is 0 Å². The number of benzene rings is 1. The number of carboxylic acid groups (broad SMARTS) is 1. The van der Waals surface area contributed by atoms with Crippen molar-refractivity contribution < 1.29 is 9.90 Å².